The number of nitrogens with two attached hydrogens (primary N) is 1. The van der Waals surface area contributed by atoms with Crippen molar-refractivity contribution in [3.8, 4) is 11.1 Å². The number of nitrogens with one attached hydrogen (secondary N) is 1. The third-order valence-electron chi connectivity index (χ3n) is 9.08. The lowest BCUT2D eigenvalue weighted by Crippen LogP contribution is -2.54. The number of aliphatic hydroxyl groups excluding tert-OH is 10. The molecule has 0 aliphatic carbocycles. The van der Waals surface area contributed by atoms with Gasteiger partial charge in [-0.1, -0.05) is 48.5 Å². The zero-order valence-electron chi connectivity index (χ0n) is 30.0. The average molecular weight is 752 g/mol. The predicted octanol–water partition coefficient (Wildman–Crippen LogP) is -3.23. The van der Waals surface area contributed by atoms with Gasteiger partial charge in [0.15, 0.2) is 5.78 Å². The minimum absolute atomic E-state index is 0.0335. The highest BCUT2D eigenvalue weighted by atomic mass is 16.4. The van der Waals surface area contributed by atoms with Crippen LogP contribution in [0.3, 0.4) is 0 Å². The molecule has 0 radical (unpaired) electrons. The minimum Gasteiger partial charge on any atom is -0.394 e. The highest BCUT2D eigenvalue weighted by molar-refractivity contribution is 6.38. The molecule has 0 unspecified atom stereocenters. The normalized spacial score (nSPS) is 16.9. The molecule has 0 saturated carbocycles. The van der Waals surface area contributed by atoms with Gasteiger partial charge in [-0.15, -0.1) is 0 Å². The van der Waals surface area contributed by atoms with Crippen molar-refractivity contribution in [2.24, 2.45) is 5.73 Å². The molecule has 9 atom stereocenters. The molecule has 0 bridgehead atoms. The van der Waals surface area contributed by atoms with Crippen LogP contribution < -0.4 is 11.1 Å². The minimum atomic E-state index is -2.01. The molecule has 0 aromatic heterocycles. The second-order valence-electron chi connectivity index (χ2n) is 13.3. The summed E-state index contributed by atoms with van der Waals surface area (Å²) in [5.41, 5.74) is 9.70. The number of nitrogens with zero attached hydrogens (tertiary/aromatic N) is 1. The number of carbonyl (C=O) groups is 3. The topological polar surface area (TPSA) is 295 Å². The summed E-state index contributed by atoms with van der Waals surface area (Å²) >= 11 is 0. The molecule has 0 spiro atoms. The number of unbranched alkanes of at least 4 members (excludes halogenated alkanes) is 1. The Morgan fingerprint density at radius 3 is 1.51 bits per heavy atom. The van der Waals surface area contributed by atoms with Crippen LogP contribution in [0.15, 0.2) is 48.5 Å². The van der Waals surface area contributed by atoms with Crippen molar-refractivity contribution in [2.45, 2.75) is 100 Å². The summed E-state index contributed by atoms with van der Waals surface area (Å²) < 4.78 is 0. The molecule has 16 nitrogen and oxygen atoms in total. The molecule has 0 heterocycles. The molecule has 2 aromatic carbocycles. The third kappa shape index (κ3) is 15.2. The number of ketones is 2. The van der Waals surface area contributed by atoms with Gasteiger partial charge < -0.3 is 62.1 Å². The van der Waals surface area contributed by atoms with E-state index in [2.05, 4.69) is 29.6 Å². The third-order valence-corrected chi connectivity index (χ3v) is 9.08. The Labute approximate surface area is 309 Å². The summed E-state index contributed by atoms with van der Waals surface area (Å²) in [4.78, 5) is 39.1. The van der Waals surface area contributed by atoms with E-state index >= 15 is 0 Å². The van der Waals surface area contributed by atoms with E-state index in [0.717, 1.165) is 42.9 Å². The Kier molecular flexibility index (Phi) is 20.4. The van der Waals surface area contributed by atoms with Gasteiger partial charge >= 0.3 is 0 Å². The van der Waals surface area contributed by atoms with Gasteiger partial charge in [0.2, 0.25) is 11.7 Å². The van der Waals surface area contributed by atoms with E-state index < -0.39 is 98.7 Å². The molecule has 0 fully saturated rings. The Bertz CT molecular complexity index is 1350. The van der Waals surface area contributed by atoms with Gasteiger partial charge in [0.1, 0.15) is 36.6 Å². The summed E-state index contributed by atoms with van der Waals surface area (Å²) in [6.07, 6.45) is -12.3. The van der Waals surface area contributed by atoms with Gasteiger partial charge in [-0.05, 0) is 60.9 Å². The van der Waals surface area contributed by atoms with E-state index in [9.17, 15) is 55.2 Å². The van der Waals surface area contributed by atoms with Crippen molar-refractivity contribution < 1.29 is 65.4 Å². The standard InChI is InChI=1S/C37H57N3O13/c1-22(43)33(49)27(39-32(48)14-9-24-7-12-26(13-8-24)25-10-5-23(6-11-25)4-2-3-16-38)15-17-40(18-28(44)34(50)36(52)30(46)20-41)19-29(45)35(51)37(53)31(47)21-42/h5-8,10-13,27-31,34-37,41-42,44-47,50-53H,2-4,9,14-21,38H2,1H3,(H,39,48)/t27-,28-,29-,30+,31+,34+,35+,36+,37+/m0/s1. The fraction of sp³-hybridized carbons (Fsp3) is 0.595. The van der Waals surface area contributed by atoms with Crippen LogP contribution in [0.1, 0.15) is 43.7 Å². The quantitative estimate of drug-likeness (QED) is 0.0333. The summed E-state index contributed by atoms with van der Waals surface area (Å²) in [7, 11) is 0. The van der Waals surface area contributed by atoms with Crippen LogP contribution in [0.5, 0.6) is 0 Å². The Morgan fingerprint density at radius 1 is 0.660 bits per heavy atom. The lowest BCUT2D eigenvalue weighted by atomic mass is 9.99. The van der Waals surface area contributed by atoms with Gasteiger partial charge in [-0.2, -0.15) is 0 Å². The Balaban J connectivity index is 2.11. The van der Waals surface area contributed by atoms with Gasteiger partial charge in [0.05, 0.1) is 31.5 Å². The number of carbonyl (C=O) groups excluding carboxylic acids is 3. The van der Waals surface area contributed by atoms with Crippen molar-refractivity contribution in [3.05, 3.63) is 59.7 Å². The van der Waals surface area contributed by atoms with Gasteiger partial charge in [0.25, 0.3) is 0 Å². The van der Waals surface area contributed by atoms with Crippen molar-refractivity contribution in [1.29, 1.82) is 0 Å². The van der Waals surface area contributed by atoms with Gasteiger partial charge in [0, 0.05) is 33.0 Å². The maximum absolute atomic E-state index is 13.0. The largest absolute Gasteiger partial charge is 0.394 e. The van der Waals surface area contributed by atoms with Crippen LogP contribution >= 0.6 is 0 Å². The SMILES string of the molecule is CC(=O)C(=O)[C@H](CCN(C[C@H](O)[C@@H](O)[C@H](O)[C@H](O)CO)C[C@H](O)[C@@H](O)[C@H](O)[C@H](O)CO)NC(=O)CCc1ccc(-c2ccc(CCCCN)cc2)cc1. The first-order valence-corrected chi connectivity index (χ1v) is 17.7. The van der Waals surface area contributed by atoms with E-state index in [0.29, 0.717) is 13.0 Å². The number of aryl methyl sites for hydroxylation is 2. The fourth-order valence-electron chi connectivity index (χ4n) is 5.68. The van der Waals surface area contributed by atoms with Crippen molar-refractivity contribution in [1.82, 2.24) is 10.2 Å². The van der Waals surface area contributed by atoms with E-state index in [4.69, 9.17) is 15.9 Å². The monoisotopic (exact) mass is 751 g/mol. The number of rotatable bonds is 26. The van der Waals surface area contributed by atoms with E-state index in [-0.39, 0.29) is 19.4 Å². The second kappa shape index (κ2) is 23.5. The van der Waals surface area contributed by atoms with Crippen LogP contribution in [-0.2, 0) is 27.2 Å². The molecular weight excluding hydrogens is 694 g/mol. The number of amides is 1. The number of benzene rings is 2. The number of hydrogen-bond acceptors (Lipinski definition) is 15. The maximum Gasteiger partial charge on any atom is 0.220 e. The summed E-state index contributed by atoms with van der Waals surface area (Å²) in [5, 5.41) is 102. The Morgan fingerprint density at radius 2 is 1.09 bits per heavy atom. The first-order valence-electron chi connectivity index (χ1n) is 17.7. The highest BCUT2D eigenvalue weighted by Crippen LogP contribution is 2.22. The summed E-state index contributed by atoms with van der Waals surface area (Å²) in [6, 6.07) is 14.6. The molecule has 2 aromatic rings. The van der Waals surface area contributed by atoms with Crippen molar-refractivity contribution in [2.75, 3.05) is 39.4 Å². The first kappa shape index (κ1) is 45.9. The van der Waals surface area contributed by atoms with Crippen LogP contribution in [0.2, 0.25) is 0 Å². The van der Waals surface area contributed by atoms with Gasteiger partial charge in [-0.25, -0.2) is 0 Å². The van der Waals surface area contributed by atoms with Crippen molar-refractivity contribution >= 4 is 17.5 Å². The average Bonchev–Trinajstić information content (AvgIpc) is 3.16. The van der Waals surface area contributed by atoms with Crippen molar-refractivity contribution in [3.63, 3.8) is 0 Å². The molecular formula is C37H57N3O13. The van der Waals surface area contributed by atoms with E-state index in [1.54, 1.807) is 0 Å². The maximum atomic E-state index is 13.0. The number of aliphatic hydroxyl groups is 10. The molecule has 1 amide bonds. The lowest BCUT2D eigenvalue weighted by molar-refractivity contribution is -0.138. The number of Topliss-reactive ketones (excluding diaryl/α,β-unsaturated/α-hetero) is 2. The van der Waals surface area contributed by atoms with E-state index in [1.165, 1.54) is 10.5 Å². The number of hydrogen-bond donors (Lipinski definition) is 12. The predicted molar refractivity (Wildman–Crippen MR) is 193 cm³/mol. The molecule has 0 aliphatic heterocycles. The van der Waals surface area contributed by atoms with Crippen LogP contribution in [0, 0.1) is 0 Å². The van der Waals surface area contributed by atoms with E-state index in [1.807, 2.05) is 24.3 Å². The Hall–Kier alpha value is -3.23. The zero-order chi connectivity index (χ0) is 39.7. The van der Waals surface area contributed by atoms with Crippen LogP contribution in [0.4, 0.5) is 0 Å². The molecule has 13 N–H and O–H groups in total. The molecule has 298 valence electrons. The van der Waals surface area contributed by atoms with Crippen LogP contribution in [0.25, 0.3) is 11.1 Å². The molecule has 0 aliphatic rings. The lowest BCUT2D eigenvalue weighted by Gasteiger charge is -2.34. The molecule has 0 saturated heterocycles. The summed E-state index contributed by atoms with van der Waals surface area (Å²) in [6.45, 7) is -1.61. The summed E-state index contributed by atoms with van der Waals surface area (Å²) in [5.74, 6) is -2.33. The first-order chi connectivity index (χ1) is 25.1. The van der Waals surface area contributed by atoms with Gasteiger partial charge in [-0.3, -0.25) is 19.3 Å². The molecule has 16 heteroatoms. The van der Waals surface area contributed by atoms with Crippen LogP contribution in [-0.4, -0.2) is 168 Å². The molecule has 2 rings (SSSR count). The fourth-order valence-corrected chi connectivity index (χ4v) is 5.68. The zero-order valence-corrected chi connectivity index (χ0v) is 30.0. The highest BCUT2D eigenvalue weighted by Gasteiger charge is 2.35. The molecule has 53 heavy (non-hydrogen) atoms. The smallest absolute Gasteiger partial charge is 0.220 e. The second-order valence-corrected chi connectivity index (χ2v) is 13.3.